The largest absolute Gasteiger partial charge is 0.493 e. The third-order valence-electron chi connectivity index (χ3n) is 3.46. The van der Waals surface area contributed by atoms with Crippen LogP contribution >= 0.6 is 0 Å². The Hall–Kier alpha value is -1.71. The molecule has 20 heavy (non-hydrogen) atoms. The van der Waals surface area contributed by atoms with E-state index in [1.165, 1.54) is 0 Å². The molecule has 0 atom stereocenters. The SMILES string of the molecule is CCCCN(C)C(=O)Cc1cc(OC)c(OC)cc1C. The van der Waals surface area contributed by atoms with Crippen molar-refractivity contribution < 1.29 is 14.3 Å². The topological polar surface area (TPSA) is 38.8 Å². The maximum Gasteiger partial charge on any atom is 0.226 e. The quantitative estimate of drug-likeness (QED) is 0.770. The summed E-state index contributed by atoms with van der Waals surface area (Å²) in [6, 6.07) is 3.80. The minimum Gasteiger partial charge on any atom is -0.493 e. The van der Waals surface area contributed by atoms with Crippen LogP contribution in [0.5, 0.6) is 11.5 Å². The molecule has 4 nitrogen and oxygen atoms in total. The van der Waals surface area contributed by atoms with Gasteiger partial charge in [0.15, 0.2) is 11.5 Å². The molecule has 1 aromatic carbocycles. The highest BCUT2D eigenvalue weighted by Gasteiger charge is 2.14. The van der Waals surface area contributed by atoms with Gasteiger partial charge in [-0.3, -0.25) is 4.79 Å². The number of hydrogen-bond donors (Lipinski definition) is 0. The first kappa shape index (κ1) is 16.3. The molecular formula is C16H25NO3. The van der Waals surface area contributed by atoms with E-state index in [4.69, 9.17) is 9.47 Å². The smallest absolute Gasteiger partial charge is 0.226 e. The molecule has 1 amide bonds. The molecule has 0 saturated heterocycles. The maximum absolute atomic E-state index is 12.2. The molecule has 0 aliphatic rings. The first-order valence-corrected chi connectivity index (χ1v) is 6.98. The van der Waals surface area contributed by atoms with Crippen molar-refractivity contribution in [1.82, 2.24) is 4.90 Å². The molecule has 1 rings (SSSR count). The lowest BCUT2D eigenvalue weighted by Gasteiger charge is -2.18. The second-order valence-electron chi connectivity index (χ2n) is 4.98. The lowest BCUT2D eigenvalue weighted by Crippen LogP contribution is -2.29. The number of rotatable bonds is 7. The van der Waals surface area contributed by atoms with Crippen molar-refractivity contribution in [2.24, 2.45) is 0 Å². The fraction of sp³-hybridized carbons (Fsp3) is 0.562. The third-order valence-corrected chi connectivity index (χ3v) is 3.46. The predicted molar refractivity (Wildman–Crippen MR) is 80.5 cm³/mol. The Balaban J connectivity index is 2.84. The summed E-state index contributed by atoms with van der Waals surface area (Å²) >= 11 is 0. The van der Waals surface area contributed by atoms with Crippen molar-refractivity contribution in [2.75, 3.05) is 27.8 Å². The molecule has 0 aromatic heterocycles. The first-order chi connectivity index (χ1) is 9.53. The summed E-state index contributed by atoms with van der Waals surface area (Å²) in [5.41, 5.74) is 2.02. The van der Waals surface area contributed by atoms with Gasteiger partial charge >= 0.3 is 0 Å². The summed E-state index contributed by atoms with van der Waals surface area (Å²) in [5, 5.41) is 0. The molecule has 0 saturated carbocycles. The summed E-state index contributed by atoms with van der Waals surface area (Å²) in [4.78, 5) is 14.0. The zero-order valence-corrected chi connectivity index (χ0v) is 13.2. The Labute approximate surface area is 121 Å². The van der Waals surface area contributed by atoms with Crippen LogP contribution in [-0.4, -0.2) is 38.6 Å². The molecule has 0 aliphatic carbocycles. The lowest BCUT2D eigenvalue weighted by atomic mass is 10.0. The van der Waals surface area contributed by atoms with Crippen molar-refractivity contribution in [3.63, 3.8) is 0 Å². The van der Waals surface area contributed by atoms with E-state index >= 15 is 0 Å². The summed E-state index contributed by atoms with van der Waals surface area (Å²) in [6.45, 7) is 4.91. The minimum atomic E-state index is 0.133. The van der Waals surface area contributed by atoms with E-state index in [0.717, 1.165) is 30.5 Å². The zero-order chi connectivity index (χ0) is 15.1. The third kappa shape index (κ3) is 4.15. The van der Waals surface area contributed by atoms with Gasteiger partial charge in [-0.05, 0) is 36.6 Å². The number of carbonyl (C=O) groups is 1. The summed E-state index contributed by atoms with van der Waals surface area (Å²) < 4.78 is 10.5. The molecule has 0 N–H and O–H groups in total. The number of unbranched alkanes of at least 4 members (excludes halogenated alkanes) is 1. The van der Waals surface area contributed by atoms with Crippen LogP contribution in [0.4, 0.5) is 0 Å². The van der Waals surface area contributed by atoms with E-state index in [0.29, 0.717) is 17.9 Å². The van der Waals surface area contributed by atoms with Gasteiger partial charge in [-0.2, -0.15) is 0 Å². The Bertz CT molecular complexity index is 457. The Morgan fingerprint density at radius 2 is 1.80 bits per heavy atom. The van der Waals surface area contributed by atoms with E-state index in [1.807, 2.05) is 26.1 Å². The van der Waals surface area contributed by atoms with E-state index in [9.17, 15) is 4.79 Å². The normalized spacial score (nSPS) is 10.2. The van der Waals surface area contributed by atoms with Crippen molar-refractivity contribution in [3.05, 3.63) is 23.3 Å². The van der Waals surface area contributed by atoms with Crippen LogP contribution in [0.3, 0.4) is 0 Å². The Kier molecular flexibility index (Phi) is 6.36. The number of amides is 1. The number of carbonyl (C=O) groups excluding carboxylic acids is 1. The maximum atomic E-state index is 12.2. The van der Waals surface area contributed by atoms with Gasteiger partial charge in [-0.1, -0.05) is 13.3 Å². The minimum absolute atomic E-state index is 0.133. The van der Waals surface area contributed by atoms with Crippen molar-refractivity contribution in [3.8, 4) is 11.5 Å². The van der Waals surface area contributed by atoms with Crippen molar-refractivity contribution >= 4 is 5.91 Å². The van der Waals surface area contributed by atoms with Crippen LogP contribution in [0, 0.1) is 6.92 Å². The van der Waals surface area contributed by atoms with Crippen LogP contribution in [0.1, 0.15) is 30.9 Å². The van der Waals surface area contributed by atoms with Crippen molar-refractivity contribution in [1.29, 1.82) is 0 Å². The van der Waals surface area contributed by atoms with Crippen LogP contribution in [-0.2, 0) is 11.2 Å². The molecule has 0 fully saturated rings. The number of aryl methyl sites for hydroxylation is 1. The highest BCUT2D eigenvalue weighted by molar-refractivity contribution is 5.79. The molecule has 0 spiro atoms. The van der Waals surface area contributed by atoms with E-state index in [1.54, 1.807) is 19.1 Å². The molecule has 0 bridgehead atoms. The summed E-state index contributed by atoms with van der Waals surface area (Å²) in [6.07, 6.45) is 2.52. The van der Waals surface area contributed by atoms with Gasteiger partial charge in [0.25, 0.3) is 0 Å². The molecule has 0 unspecified atom stereocenters. The molecule has 0 heterocycles. The number of hydrogen-bond acceptors (Lipinski definition) is 3. The highest BCUT2D eigenvalue weighted by atomic mass is 16.5. The fourth-order valence-corrected chi connectivity index (χ4v) is 2.03. The van der Waals surface area contributed by atoms with Crippen molar-refractivity contribution in [2.45, 2.75) is 33.1 Å². The average molecular weight is 279 g/mol. The van der Waals surface area contributed by atoms with Gasteiger partial charge in [-0.15, -0.1) is 0 Å². The van der Waals surface area contributed by atoms with Gasteiger partial charge in [0.1, 0.15) is 0 Å². The fourth-order valence-electron chi connectivity index (χ4n) is 2.03. The highest BCUT2D eigenvalue weighted by Crippen LogP contribution is 2.30. The molecule has 4 heteroatoms. The zero-order valence-electron chi connectivity index (χ0n) is 13.2. The second-order valence-corrected chi connectivity index (χ2v) is 4.98. The second kappa shape index (κ2) is 7.78. The first-order valence-electron chi connectivity index (χ1n) is 6.98. The van der Waals surface area contributed by atoms with E-state index in [2.05, 4.69) is 6.92 Å². The van der Waals surface area contributed by atoms with Crippen LogP contribution in [0.15, 0.2) is 12.1 Å². The molecule has 0 aliphatic heterocycles. The molecule has 1 aromatic rings. The summed E-state index contributed by atoms with van der Waals surface area (Å²) in [7, 11) is 5.07. The van der Waals surface area contributed by atoms with Crippen LogP contribution in [0.2, 0.25) is 0 Å². The van der Waals surface area contributed by atoms with Crippen LogP contribution in [0.25, 0.3) is 0 Å². The van der Waals surface area contributed by atoms with Gasteiger partial charge in [0.2, 0.25) is 5.91 Å². The Morgan fingerprint density at radius 1 is 1.20 bits per heavy atom. The Morgan fingerprint density at radius 3 is 2.35 bits per heavy atom. The molecule has 112 valence electrons. The number of ether oxygens (including phenoxy) is 2. The predicted octanol–water partition coefficient (Wildman–Crippen LogP) is 2.81. The van der Waals surface area contributed by atoms with Gasteiger partial charge in [0.05, 0.1) is 20.6 Å². The van der Waals surface area contributed by atoms with E-state index < -0.39 is 0 Å². The number of benzene rings is 1. The van der Waals surface area contributed by atoms with E-state index in [-0.39, 0.29) is 5.91 Å². The average Bonchev–Trinajstić information content (AvgIpc) is 2.45. The summed E-state index contributed by atoms with van der Waals surface area (Å²) in [5.74, 6) is 1.49. The number of likely N-dealkylation sites (N-methyl/N-ethyl adjacent to an activating group) is 1. The molecule has 0 radical (unpaired) electrons. The lowest BCUT2D eigenvalue weighted by molar-refractivity contribution is -0.129. The van der Waals surface area contributed by atoms with Gasteiger partial charge < -0.3 is 14.4 Å². The number of methoxy groups -OCH3 is 2. The standard InChI is InChI=1S/C16H25NO3/c1-6-7-8-17(3)16(18)11-13-10-15(20-5)14(19-4)9-12(13)2/h9-10H,6-8,11H2,1-5H3. The molecular weight excluding hydrogens is 254 g/mol. The van der Waals surface area contributed by atoms with Gasteiger partial charge in [0, 0.05) is 13.6 Å². The number of nitrogens with zero attached hydrogens (tertiary/aromatic N) is 1. The van der Waals surface area contributed by atoms with Crippen LogP contribution < -0.4 is 9.47 Å². The monoisotopic (exact) mass is 279 g/mol. The van der Waals surface area contributed by atoms with Gasteiger partial charge in [-0.25, -0.2) is 0 Å².